The van der Waals surface area contributed by atoms with Gasteiger partial charge in [0.2, 0.25) is 0 Å². The first kappa shape index (κ1) is 40.3. The minimum absolute atomic E-state index is 0.0113. The smallest absolute Gasteiger partial charge is 0.306 e. The van der Waals surface area contributed by atoms with Crippen LogP contribution in [0.15, 0.2) is 11.6 Å². The molecule has 4 saturated carbocycles. The average molecular weight is 697 g/mol. The van der Waals surface area contributed by atoms with Crippen LogP contribution >= 0.6 is 0 Å². The van der Waals surface area contributed by atoms with Crippen LogP contribution < -0.4 is 0 Å². The van der Waals surface area contributed by atoms with E-state index in [0.29, 0.717) is 18.3 Å². The maximum absolute atomic E-state index is 13.2. The van der Waals surface area contributed by atoms with E-state index in [1.807, 2.05) is 0 Å². The summed E-state index contributed by atoms with van der Waals surface area (Å²) in [6.07, 6.45) is 27.1. The van der Waals surface area contributed by atoms with Crippen molar-refractivity contribution in [1.29, 1.82) is 0 Å². The molecule has 5 aliphatic carbocycles. The van der Waals surface area contributed by atoms with Gasteiger partial charge in [-0.05, 0) is 91.3 Å². The standard InChI is InChI=1S/C46H80O4/c1-10-11-12-13-14-15-16-17-18-19-20-21-22-23-39(49)50-38-25-26-44(7)36(42(38,4)5)24-27-45(8)40(44)35(47)30-33-34-31-41(2,3)28-29-43(34,6)37(48)32-46(33,45)9/h30,34-38,40,47-48H,10-29,31-32H2,1-9H3. The summed E-state index contributed by atoms with van der Waals surface area (Å²) in [4.78, 5) is 13.2. The van der Waals surface area contributed by atoms with Crippen LogP contribution in [0, 0.1) is 50.2 Å². The number of unbranched alkanes of at least 4 members (excludes halogenated alkanes) is 12. The number of rotatable bonds is 15. The van der Waals surface area contributed by atoms with Gasteiger partial charge in [-0.15, -0.1) is 0 Å². The molecule has 0 aromatic rings. The molecule has 5 aliphatic rings. The van der Waals surface area contributed by atoms with Gasteiger partial charge in [-0.25, -0.2) is 0 Å². The van der Waals surface area contributed by atoms with Crippen molar-refractivity contribution >= 4 is 5.97 Å². The zero-order valence-corrected chi connectivity index (χ0v) is 34.3. The van der Waals surface area contributed by atoms with Crippen LogP contribution in [0.5, 0.6) is 0 Å². The summed E-state index contributed by atoms with van der Waals surface area (Å²) in [5.74, 6) is 0.802. The van der Waals surface area contributed by atoms with Crippen LogP contribution in [-0.2, 0) is 9.53 Å². The van der Waals surface area contributed by atoms with E-state index in [9.17, 15) is 15.0 Å². The lowest BCUT2D eigenvalue weighted by atomic mass is 9.33. The van der Waals surface area contributed by atoms with Crippen molar-refractivity contribution in [3.05, 3.63) is 11.6 Å². The van der Waals surface area contributed by atoms with E-state index in [1.54, 1.807) is 0 Å². The number of hydrogen-bond donors (Lipinski definition) is 2. The second-order valence-corrected chi connectivity index (χ2v) is 20.9. The Balaban J connectivity index is 1.17. The molecule has 2 N–H and O–H groups in total. The molecule has 10 atom stereocenters. The van der Waals surface area contributed by atoms with Crippen molar-refractivity contribution in [1.82, 2.24) is 0 Å². The van der Waals surface area contributed by atoms with Crippen LogP contribution in [0.3, 0.4) is 0 Å². The minimum atomic E-state index is -0.481. The van der Waals surface area contributed by atoms with Crippen LogP contribution in [0.1, 0.15) is 204 Å². The summed E-state index contributed by atoms with van der Waals surface area (Å²) in [6, 6.07) is 0. The minimum Gasteiger partial charge on any atom is -0.462 e. The Morgan fingerprint density at radius 1 is 0.720 bits per heavy atom. The van der Waals surface area contributed by atoms with E-state index >= 15 is 0 Å². The Morgan fingerprint density at radius 2 is 1.30 bits per heavy atom. The molecule has 0 bridgehead atoms. The van der Waals surface area contributed by atoms with E-state index in [1.165, 1.54) is 76.2 Å². The Morgan fingerprint density at radius 3 is 1.90 bits per heavy atom. The summed E-state index contributed by atoms with van der Waals surface area (Å²) in [7, 11) is 0. The predicted molar refractivity (Wildman–Crippen MR) is 208 cm³/mol. The average Bonchev–Trinajstić information content (AvgIpc) is 3.03. The molecule has 4 nitrogen and oxygen atoms in total. The van der Waals surface area contributed by atoms with Gasteiger partial charge in [0.15, 0.2) is 0 Å². The largest absolute Gasteiger partial charge is 0.462 e. The molecule has 0 spiro atoms. The third-order valence-corrected chi connectivity index (χ3v) is 16.8. The van der Waals surface area contributed by atoms with Crippen molar-refractivity contribution in [2.24, 2.45) is 50.2 Å². The molecule has 0 heterocycles. The fourth-order valence-electron chi connectivity index (χ4n) is 13.4. The van der Waals surface area contributed by atoms with Gasteiger partial charge in [-0.2, -0.15) is 0 Å². The van der Waals surface area contributed by atoms with Crippen molar-refractivity contribution in [2.75, 3.05) is 0 Å². The first-order chi connectivity index (χ1) is 23.5. The monoisotopic (exact) mass is 697 g/mol. The molecule has 50 heavy (non-hydrogen) atoms. The summed E-state index contributed by atoms with van der Waals surface area (Å²) in [6.45, 7) is 21.5. The number of carbonyl (C=O) groups excluding carboxylic acids is 1. The second-order valence-electron chi connectivity index (χ2n) is 20.9. The van der Waals surface area contributed by atoms with E-state index in [2.05, 4.69) is 68.4 Å². The Hall–Kier alpha value is -0.870. The lowest BCUT2D eigenvalue weighted by Crippen LogP contribution is -2.68. The van der Waals surface area contributed by atoms with Crippen LogP contribution in [0.2, 0.25) is 0 Å². The van der Waals surface area contributed by atoms with Crippen LogP contribution in [-0.4, -0.2) is 34.5 Å². The van der Waals surface area contributed by atoms with Crippen molar-refractivity contribution in [2.45, 2.75) is 222 Å². The zero-order chi connectivity index (χ0) is 36.6. The van der Waals surface area contributed by atoms with Gasteiger partial charge in [-0.3, -0.25) is 4.79 Å². The number of fused-ring (bicyclic) bond motifs is 7. The highest BCUT2D eigenvalue weighted by Gasteiger charge is 2.71. The van der Waals surface area contributed by atoms with Gasteiger partial charge in [0, 0.05) is 23.2 Å². The number of aliphatic hydroxyl groups excluding tert-OH is 2. The highest BCUT2D eigenvalue weighted by molar-refractivity contribution is 5.69. The Bertz CT molecular complexity index is 1190. The SMILES string of the molecule is CCCCCCCCCCCCCCCC(=O)OC1CCC2(C)C(CCC3(C)C2C(O)C=C2C4CC(C)(C)CCC4(C)C(O)CC23C)C1(C)C. The number of allylic oxidation sites excluding steroid dienone is 1. The normalized spacial score (nSPS) is 41.6. The first-order valence-corrected chi connectivity index (χ1v) is 21.7. The molecule has 0 saturated heterocycles. The number of carbonyl (C=O) groups is 1. The lowest BCUT2D eigenvalue weighted by molar-refractivity contribution is -0.237. The van der Waals surface area contributed by atoms with Crippen molar-refractivity contribution < 1.29 is 19.7 Å². The molecule has 0 aromatic carbocycles. The Kier molecular flexibility index (Phi) is 12.5. The number of hydrogen-bond acceptors (Lipinski definition) is 4. The molecule has 0 aromatic heterocycles. The van der Waals surface area contributed by atoms with Crippen molar-refractivity contribution in [3.8, 4) is 0 Å². The second kappa shape index (κ2) is 15.5. The van der Waals surface area contributed by atoms with E-state index in [4.69, 9.17) is 4.74 Å². The topological polar surface area (TPSA) is 66.8 Å². The molecule has 0 aliphatic heterocycles. The van der Waals surface area contributed by atoms with Gasteiger partial charge >= 0.3 is 5.97 Å². The van der Waals surface area contributed by atoms with Gasteiger partial charge in [-0.1, -0.05) is 151 Å². The Labute approximate surface area is 308 Å². The van der Waals surface area contributed by atoms with Gasteiger partial charge in [0.05, 0.1) is 12.2 Å². The van der Waals surface area contributed by atoms with Gasteiger partial charge in [0.25, 0.3) is 0 Å². The maximum atomic E-state index is 13.2. The zero-order valence-electron chi connectivity index (χ0n) is 34.3. The molecular weight excluding hydrogens is 617 g/mol. The fourth-order valence-corrected chi connectivity index (χ4v) is 13.4. The quantitative estimate of drug-likeness (QED) is 0.102. The molecule has 10 unspecified atom stereocenters. The predicted octanol–water partition coefficient (Wildman–Crippen LogP) is 12.1. The molecule has 288 valence electrons. The highest BCUT2D eigenvalue weighted by Crippen LogP contribution is 2.75. The summed E-state index contributed by atoms with van der Waals surface area (Å²) in [5.41, 5.74) is 1.16. The molecular formula is C46H80O4. The number of esters is 1. The maximum Gasteiger partial charge on any atom is 0.306 e. The van der Waals surface area contributed by atoms with E-state index < -0.39 is 6.10 Å². The first-order valence-electron chi connectivity index (χ1n) is 21.7. The lowest BCUT2D eigenvalue weighted by Gasteiger charge is -2.72. The van der Waals surface area contributed by atoms with E-state index in [-0.39, 0.29) is 56.6 Å². The number of aliphatic hydroxyl groups is 2. The molecule has 0 radical (unpaired) electrons. The van der Waals surface area contributed by atoms with Gasteiger partial charge in [0.1, 0.15) is 6.10 Å². The van der Waals surface area contributed by atoms with Gasteiger partial charge < -0.3 is 14.9 Å². The molecule has 0 amide bonds. The molecule has 5 rings (SSSR count). The van der Waals surface area contributed by atoms with Crippen LogP contribution in [0.4, 0.5) is 0 Å². The van der Waals surface area contributed by atoms with Crippen LogP contribution in [0.25, 0.3) is 0 Å². The molecule has 4 fully saturated rings. The molecule has 4 heteroatoms. The third kappa shape index (κ3) is 7.44. The fraction of sp³-hybridized carbons (Fsp3) is 0.935. The van der Waals surface area contributed by atoms with E-state index in [0.717, 1.165) is 64.2 Å². The summed E-state index contributed by atoms with van der Waals surface area (Å²) < 4.78 is 6.36. The summed E-state index contributed by atoms with van der Waals surface area (Å²) >= 11 is 0. The summed E-state index contributed by atoms with van der Waals surface area (Å²) in [5, 5.41) is 24.2. The third-order valence-electron chi connectivity index (χ3n) is 16.8. The highest BCUT2D eigenvalue weighted by atomic mass is 16.5. The van der Waals surface area contributed by atoms with Crippen molar-refractivity contribution in [3.63, 3.8) is 0 Å². The number of ether oxygens (including phenoxy) is 1.